The van der Waals surface area contributed by atoms with E-state index in [-0.39, 0.29) is 23.4 Å². The third-order valence-corrected chi connectivity index (χ3v) is 6.36. The zero-order valence-electron chi connectivity index (χ0n) is 18.1. The largest absolute Gasteiger partial charge is 0.494 e. The number of ether oxygens (including phenoxy) is 2. The summed E-state index contributed by atoms with van der Waals surface area (Å²) in [6.45, 7) is 6.49. The summed E-state index contributed by atoms with van der Waals surface area (Å²) in [6, 6.07) is 11.6. The van der Waals surface area contributed by atoms with Crippen molar-refractivity contribution >= 4 is 15.9 Å². The number of benzene rings is 2. The Bertz CT molecular complexity index is 958. The Morgan fingerprint density at radius 3 is 2.43 bits per heavy atom. The molecular formula is C22H30N2O5S. The van der Waals surface area contributed by atoms with E-state index in [1.165, 1.54) is 11.4 Å². The van der Waals surface area contributed by atoms with Gasteiger partial charge < -0.3 is 14.8 Å². The molecule has 7 nitrogen and oxygen atoms in total. The minimum atomic E-state index is -3.68. The summed E-state index contributed by atoms with van der Waals surface area (Å²) in [5.74, 6) is 0.290. The van der Waals surface area contributed by atoms with Crippen LogP contribution >= 0.6 is 0 Å². The van der Waals surface area contributed by atoms with Gasteiger partial charge in [0, 0.05) is 37.9 Å². The first-order valence-corrected chi connectivity index (χ1v) is 11.2. The van der Waals surface area contributed by atoms with E-state index in [4.69, 9.17) is 9.47 Å². The van der Waals surface area contributed by atoms with E-state index in [0.717, 1.165) is 5.56 Å². The number of hydrogen-bond donors (Lipinski definition) is 1. The molecule has 1 N–H and O–H groups in total. The van der Waals surface area contributed by atoms with E-state index in [2.05, 4.69) is 5.32 Å². The van der Waals surface area contributed by atoms with Crippen LogP contribution in [0.25, 0.3) is 0 Å². The van der Waals surface area contributed by atoms with Crippen molar-refractivity contribution in [3.05, 3.63) is 59.2 Å². The maximum atomic E-state index is 12.9. The van der Waals surface area contributed by atoms with Gasteiger partial charge in [-0.1, -0.05) is 17.7 Å². The molecule has 0 saturated carbocycles. The van der Waals surface area contributed by atoms with Crippen molar-refractivity contribution in [1.29, 1.82) is 0 Å². The maximum Gasteiger partial charge on any atom is 0.251 e. The highest BCUT2D eigenvalue weighted by atomic mass is 32.2. The lowest BCUT2D eigenvalue weighted by molar-refractivity contribution is 0.0905. The van der Waals surface area contributed by atoms with E-state index >= 15 is 0 Å². The quantitative estimate of drug-likeness (QED) is 0.621. The third-order valence-electron chi connectivity index (χ3n) is 4.54. The Labute approximate surface area is 179 Å². The molecule has 0 aliphatic heterocycles. The van der Waals surface area contributed by atoms with Gasteiger partial charge in [0.1, 0.15) is 5.75 Å². The zero-order chi connectivity index (χ0) is 22.3. The Hall–Kier alpha value is -2.42. The number of nitrogens with zero attached hydrogens (tertiary/aromatic N) is 1. The van der Waals surface area contributed by atoms with E-state index in [9.17, 15) is 13.2 Å². The Balaban J connectivity index is 2.29. The number of nitrogens with one attached hydrogen (secondary N) is 1. The second-order valence-electron chi connectivity index (χ2n) is 7.16. The predicted molar refractivity (Wildman–Crippen MR) is 116 cm³/mol. The first-order valence-electron chi connectivity index (χ1n) is 9.77. The summed E-state index contributed by atoms with van der Waals surface area (Å²) in [5.41, 5.74) is 2.02. The van der Waals surface area contributed by atoms with Crippen molar-refractivity contribution in [1.82, 2.24) is 9.62 Å². The summed E-state index contributed by atoms with van der Waals surface area (Å²) in [7, 11) is -0.601. The van der Waals surface area contributed by atoms with E-state index in [1.807, 2.05) is 20.8 Å². The van der Waals surface area contributed by atoms with Crippen LogP contribution in [-0.4, -0.2) is 52.0 Å². The van der Waals surface area contributed by atoms with Crippen LogP contribution in [0.5, 0.6) is 5.75 Å². The van der Waals surface area contributed by atoms with Crippen LogP contribution in [0.3, 0.4) is 0 Å². The fourth-order valence-electron chi connectivity index (χ4n) is 2.95. The standard InChI is InChI=1S/C22H30N2O5S/c1-6-29-21-12-9-18(22(25)23-17(3)15-28-5)13-19(21)14-24(4)30(26,27)20-10-7-16(2)8-11-20/h7-13,17H,6,14-15H2,1-5H3,(H,23,25)/t17-/m0/s1. The summed E-state index contributed by atoms with van der Waals surface area (Å²) >= 11 is 0. The molecule has 0 fully saturated rings. The fraction of sp³-hybridized carbons (Fsp3) is 0.409. The second kappa shape index (κ2) is 10.6. The topological polar surface area (TPSA) is 84.9 Å². The number of methoxy groups -OCH3 is 1. The number of amides is 1. The van der Waals surface area contributed by atoms with Crippen LogP contribution < -0.4 is 10.1 Å². The van der Waals surface area contributed by atoms with Gasteiger partial charge in [0.15, 0.2) is 0 Å². The van der Waals surface area contributed by atoms with Crippen molar-refractivity contribution in [3.8, 4) is 5.75 Å². The smallest absolute Gasteiger partial charge is 0.251 e. The first-order chi connectivity index (χ1) is 14.2. The molecule has 1 atom stereocenters. The van der Waals surface area contributed by atoms with Crippen molar-refractivity contribution in [3.63, 3.8) is 0 Å². The Morgan fingerprint density at radius 1 is 1.17 bits per heavy atom. The highest BCUT2D eigenvalue weighted by molar-refractivity contribution is 7.89. The summed E-state index contributed by atoms with van der Waals surface area (Å²) < 4.78 is 37.8. The third kappa shape index (κ3) is 6.04. The first kappa shape index (κ1) is 23.9. The molecule has 164 valence electrons. The number of hydrogen-bond acceptors (Lipinski definition) is 5. The molecule has 0 spiro atoms. The molecule has 0 aliphatic carbocycles. The minimum Gasteiger partial charge on any atom is -0.494 e. The van der Waals surface area contributed by atoms with Gasteiger partial charge in [-0.25, -0.2) is 8.42 Å². The molecule has 2 aromatic rings. The van der Waals surface area contributed by atoms with Crippen molar-refractivity contribution in [2.24, 2.45) is 0 Å². The summed E-state index contributed by atoms with van der Waals surface area (Å²) in [4.78, 5) is 12.8. The molecule has 0 radical (unpaired) electrons. The highest BCUT2D eigenvalue weighted by Crippen LogP contribution is 2.25. The van der Waals surface area contributed by atoms with Gasteiger partial charge in [-0.2, -0.15) is 4.31 Å². The molecule has 8 heteroatoms. The van der Waals surface area contributed by atoms with E-state index in [0.29, 0.717) is 30.1 Å². The van der Waals surface area contributed by atoms with Crippen LogP contribution in [0.1, 0.15) is 35.3 Å². The number of carbonyl (C=O) groups excluding carboxylic acids is 1. The average molecular weight is 435 g/mol. The lowest BCUT2D eigenvalue weighted by atomic mass is 10.1. The van der Waals surface area contributed by atoms with Crippen LogP contribution in [0.4, 0.5) is 0 Å². The fourth-order valence-corrected chi connectivity index (χ4v) is 4.10. The van der Waals surface area contributed by atoms with Crippen LogP contribution in [-0.2, 0) is 21.3 Å². The zero-order valence-corrected chi connectivity index (χ0v) is 19.0. The van der Waals surface area contributed by atoms with Crippen molar-refractivity contribution in [2.75, 3.05) is 27.4 Å². The molecule has 0 heterocycles. The number of aryl methyl sites for hydroxylation is 1. The van der Waals surface area contributed by atoms with E-state index in [1.54, 1.807) is 49.6 Å². The molecule has 0 aliphatic rings. The molecule has 0 bridgehead atoms. The summed E-state index contributed by atoms with van der Waals surface area (Å²) in [6.07, 6.45) is 0. The molecule has 30 heavy (non-hydrogen) atoms. The van der Waals surface area contributed by atoms with Gasteiger partial charge >= 0.3 is 0 Å². The van der Waals surface area contributed by atoms with Crippen LogP contribution in [0.2, 0.25) is 0 Å². The highest BCUT2D eigenvalue weighted by Gasteiger charge is 2.23. The number of sulfonamides is 1. The summed E-state index contributed by atoms with van der Waals surface area (Å²) in [5, 5.41) is 2.85. The van der Waals surface area contributed by atoms with Gasteiger partial charge in [0.05, 0.1) is 18.1 Å². The Morgan fingerprint density at radius 2 is 1.83 bits per heavy atom. The molecule has 2 rings (SSSR count). The van der Waals surface area contributed by atoms with Gasteiger partial charge in [0.25, 0.3) is 5.91 Å². The number of rotatable bonds is 10. The molecule has 1 amide bonds. The van der Waals surface area contributed by atoms with Gasteiger partial charge in [-0.15, -0.1) is 0 Å². The van der Waals surface area contributed by atoms with Gasteiger partial charge in [-0.05, 0) is 51.1 Å². The maximum absolute atomic E-state index is 12.9. The molecule has 2 aromatic carbocycles. The van der Waals surface area contributed by atoms with Gasteiger partial charge in [-0.3, -0.25) is 4.79 Å². The van der Waals surface area contributed by atoms with Crippen molar-refractivity contribution in [2.45, 2.75) is 38.3 Å². The molecule has 0 aromatic heterocycles. The lowest BCUT2D eigenvalue weighted by Crippen LogP contribution is -2.35. The average Bonchev–Trinajstić information content (AvgIpc) is 2.69. The normalized spacial score (nSPS) is 12.6. The van der Waals surface area contributed by atoms with Gasteiger partial charge in [0.2, 0.25) is 10.0 Å². The SMILES string of the molecule is CCOc1ccc(C(=O)N[C@@H](C)COC)cc1CN(C)S(=O)(=O)c1ccc(C)cc1. The second-order valence-corrected chi connectivity index (χ2v) is 9.20. The number of carbonyl (C=O) groups is 1. The lowest BCUT2D eigenvalue weighted by Gasteiger charge is -2.20. The monoisotopic (exact) mass is 434 g/mol. The van der Waals surface area contributed by atoms with Crippen molar-refractivity contribution < 1.29 is 22.7 Å². The van der Waals surface area contributed by atoms with E-state index < -0.39 is 10.0 Å². The molecular weight excluding hydrogens is 404 g/mol. The van der Waals surface area contributed by atoms with Crippen LogP contribution in [0, 0.1) is 6.92 Å². The molecule has 0 saturated heterocycles. The minimum absolute atomic E-state index is 0.0697. The molecule has 0 unspecified atom stereocenters. The van der Waals surface area contributed by atoms with Crippen LogP contribution in [0.15, 0.2) is 47.4 Å². The Kier molecular flexibility index (Phi) is 8.40. The predicted octanol–water partition coefficient (Wildman–Crippen LogP) is 2.98.